The van der Waals surface area contributed by atoms with Crippen LogP contribution >= 0.6 is 39.1 Å². The van der Waals surface area contributed by atoms with Crippen molar-refractivity contribution < 1.29 is 0 Å². The molecule has 0 saturated heterocycles. The predicted molar refractivity (Wildman–Crippen MR) is 46.4 cm³/mol. The number of aromatic nitrogens is 1. The molecule has 0 aliphatic rings. The number of alkyl halides is 2. The Hall–Kier alpha value is 0.210. The van der Waals surface area contributed by atoms with Gasteiger partial charge in [0.15, 0.2) is 0 Å². The molecule has 0 aliphatic heterocycles. The van der Waals surface area contributed by atoms with E-state index in [-0.39, 0.29) is 0 Å². The summed E-state index contributed by atoms with van der Waals surface area (Å²) in [5, 5.41) is 0. The molecule has 0 fully saturated rings. The van der Waals surface area contributed by atoms with Crippen LogP contribution in [0, 0.1) is 0 Å². The van der Waals surface area contributed by atoms with E-state index in [2.05, 4.69) is 20.9 Å². The van der Waals surface area contributed by atoms with E-state index in [4.69, 9.17) is 23.2 Å². The highest BCUT2D eigenvalue weighted by Gasteiger charge is 2.02. The van der Waals surface area contributed by atoms with Gasteiger partial charge in [-0.05, 0) is 28.1 Å². The molecular weight excluding hydrogens is 237 g/mol. The fourth-order valence-corrected chi connectivity index (χ4v) is 1.01. The lowest BCUT2D eigenvalue weighted by molar-refractivity contribution is 1.14. The zero-order valence-electron chi connectivity index (χ0n) is 4.89. The third kappa shape index (κ3) is 2.11. The van der Waals surface area contributed by atoms with E-state index in [0.29, 0.717) is 5.69 Å². The molecule has 1 nitrogen and oxygen atoms in total. The molecule has 1 aromatic rings. The van der Waals surface area contributed by atoms with Gasteiger partial charge in [0.25, 0.3) is 0 Å². The summed E-state index contributed by atoms with van der Waals surface area (Å²) in [4.78, 5) is 3.43. The Morgan fingerprint density at radius 1 is 1.40 bits per heavy atom. The third-order valence-electron chi connectivity index (χ3n) is 0.974. The predicted octanol–water partition coefficient (Wildman–Crippen LogP) is 3.32. The Morgan fingerprint density at radius 2 is 2.10 bits per heavy atom. The molecule has 1 heterocycles. The van der Waals surface area contributed by atoms with Crippen molar-refractivity contribution in [1.29, 1.82) is 0 Å². The fraction of sp³-hybridized carbons (Fsp3) is 0.167. The monoisotopic (exact) mass is 239 g/mol. The summed E-state index contributed by atoms with van der Waals surface area (Å²) in [7, 11) is 0. The largest absolute Gasteiger partial charge is 0.257 e. The molecule has 0 amide bonds. The summed E-state index contributed by atoms with van der Waals surface area (Å²) < 4.78 is 0.922. The Bertz CT molecular complexity index is 209. The minimum absolute atomic E-state index is 0.534. The van der Waals surface area contributed by atoms with Gasteiger partial charge in [-0.25, -0.2) is 0 Å². The van der Waals surface area contributed by atoms with Crippen LogP contribution in [-0.2, 0) is 0 Å². The van der Waals surface area contributed by atoms with Gasteiger partial charge in [0.05, 0.1) is 5.69 Å². The normalized spacial score (nSPS) is 10.4. The number of pyridine rings is 1. The van der Waals surface area contributed by atoms with Crippen LogP contribution < -0.4 is 0 Å². The molecule has 1 aromatic heterocycles. The number of rotatable bonds is 1. The molecule has 0 aliphatic carbocycles. The SMILES string of the molecule is ClC(Cl)c1ccc(Br)cn1. The molecule has 0 aromatic carbocycles. The quantitative estimate of drug-likeness (QED) is 0.687. The molecule has 1 rings (SSSR count). The second-order valence-electron chi connectivity index (χ2n) is 1.70. The highest BCUT2D eigenvalue weighted by molar-refractivity contribution is 9.10. The van der Waals surface area contributed by atoms with Gasteiger partial charge < -0.3 is 0 Å². The lowest BCUT2D eigenvalue weighted by Crippen LogP contribution is -1.85. The van der Waals surface area contributed by atoms with Crippen LogP contribution in [0.2, 0.25) is 0 Å². The zero-order valence-corrected chi connectivity index (χ0v) is 7.99. The topological polar surface area (TPSA) is 12.9 Å². The molecule has 0 N–H and O–H groups in total. The average molecular weight is 241 g/mol. The van der Waals surface area contributed by atoms with Gasteiger partial charge in [-0.3, -0.25) is 4.98 Å². The number of hydrogen-bond donors (Lipinski definition) is 0. The van der Waals surface area contributed by atoms with E-state index in [1.54, 1.807) is 12.3 Å². The van der Waals surface area contributed by atoms with Crippen molar-refractivity contribution in [2.75, 3.05) is 0 Å². The second kappa shape index (κ2) is 3.56. The van der Waals surface area contributed by atoms with Crippen LogP contribution in [0.15, 0.2) is 22.8 Å². The van der Waals surface area contributed by atoms with Gasteiger partial charge in [0, 0.05) is 10.7 Å². The average Bonchev–Trinajstić information content (AvgIpc) is 1.88. The molecular formula is C6H4BrCl2N. The van der Waals surface area contributed by atoms with Crippen molar-refractivity contribution in [2.45, 2.75) is 4.84 Å². The number of hydrogen-bond acceptors (Lipinski definition) is 1. The lowest BCUT2D eigenvalue weighted by Gasteiger charge is -1.97. The first kappa shape index (κ1) is 8.31. The smallest absolute Gasteiger partial charge is 0.149 e. The van der Waals surface area contributed by atoms with Crippen molar-refractivity contribution in [2.24, 2.45) is 0 Å². The van der Waals surface area contributed by atoms with Gasteiger partial charge >= 0.3 is 0 Å². The molecule has 0 bridgehead atoms. The van der Waals surface area contributed by atoms with Crippen LogP contribution in [0.4, 0.5) is 0 Å². The highest BCUT2D eigenvalue weighted by Crippen LogP contribution is 2.22. The van der Waals surface area contributed by atoms with Crippen molar-refractivity contribution in [1.82, 2.24) is 4.98 Å². The fourth-order valence-electron chi connectivity index (χ4n) is 0.516. The molecule has 0 spiro atoms. The van der Waals surface area contributed by atoms with Crippen molar-refractivity contribution in [3.8, 4) is 0 Å². The lowest BCUT2D eigenvalue weighted by atomic mass is 10.4. The van der Waals surface area contributed by atoms with Crippen molar-refractivity contribution >= 4 is 39.1 Å². The molecule has 0 unspecified atom stereocenters. The van der Waals surface area contributed by atoms with Gasteiger partial charge in [-0.1, -0.05) is 23.2 Å². The Morgan fingerprint density at radius 3 is 2.50 bits per heavy atom. The summed E-state index contributed by atoms with van der Waals surface area (Å²) in [5.74, 6) is 0. The van der Waals surface area contributed by atoms with E-state index < -0.39 is 4.84 Å². The molecule has 0 saturated carbocycles. The first-order valence-electron chi connectivity index (χ1n) is 2.60. The van der Waals surface area contributed by atoms with Crippen LogP contribution in [0.3, 0.4) is 0 Å². The van der Waals surface area contributed by atoms with Crippen LogP contribution in [0.5, 0.6) is 0 Å². The van der Waals surface area contributed by atoms with Gasteiger partial charge in [-0.15, -0.1) is 0 Å². The van der Waals surface area contributed by atoms with Crippen molar-refractivity contribution in [3.63, 3.8) is 0 Å². The Balaban J connectivity index is 2.89. The van der Waals surface area contributed by atoms with Gasteiger partial charge in [0.2, 0.25) is 0 Å². The molecule has 10 heavy (non-hydrogen) atoms. The van der Waals surface area contributed by atoms with Crippen LogP contribution in [0.1, 0.15) is 10.5 Å². The van der Waals surface area contributed by atoms with E-state index >= 15 is 0 Å². The zero-order chi connectivity index (χ0) is 7.56. The van der Waals surface area contributed by atoms with E-state index in [9.17, 15) is 0 Å². The van der Waals surface area contributed by atoms with Gasteiger partial charge in [-0.2, -0.15) is 0 Å². The summed E-state index contributed by atoms with van der Waals surface area (Å²) in [6.07, 6.45) is 1.66. The summed E-state index contributed by atoms with van der Waals surface area (Å²) >= 11 is 14.3. The first-order valence-corrected chi connectivity index (χ1v) is 4.26. The maximum Gasteiger partial charge on any atom is 0.149 e. The Labute approximate surface area is 77.5 Å². The van der Waals surface area contributed by atoms with Gasteiger partial charge in [0.1, 0.15) is 4.84 Å². The minimum atomic E-state index is -0.534. The second-order valence-corrected chi connectivity index (χ2v) is 3.71. The van der Waals surface area contributed by atoms with E-state index in [1.807, 2.05) is 6.07 Å². The Kier molecular flexibility index (Phi) is 2.96. The molecule has 54 valence electrons. The summed E-state index contributed by atoms with van der Waals surface area (Å²) in [6, 6.07) is 3.62. The van der Waals surface area contributed by atoms with E-state index in [0.717, 1.165) is 4.47 Å². The summed E-state index contributed by atoms with van der Waals surface area (Å²) in [5.41, 5.74) is 0.673. The molecule has 4 heteroatoms. The summed E-state index contributed by atoms with van der Waals surface area (Å²) in [6.45, 7) is 0. The minimum Gasteiger partial charge on any atom is -0.257 e. The molecule has 0 radical (unpaired) electrons. The highest BCUT2D eigenvalue weighted by atomic mass is 79.9. The standard InChI is InChI=1S/C6H4BrCl2N/c7-4-1-2-5(6(8)9)10-3-4/h1-3,6H. The third-order valence-corrected chi connectivity index (χ3v) is 1.89. The maximum absolute atomic E-state index is 5.54. The molecule has 0 atom stereocenters. The first-order chi connectivity index (χ1) is 4.70. The maximum atomic E-state index is 5.54. The van der Waals surface area contributed by atoms with Crippen LogP contribution in [0.25, 0.3) is 0 Å². The van der Waals surface area contributed by atoms with Crippen LogP contribution in [-0.4, -0.2) is 4.98 Å². The number of halogens is 3. The number of nitrogens with zero attached hydrogens (tertiary/aromatic N) is 1. The van der Waals surface area contributed by atoms with Crippen molar-refractivity contribution in [3.05, 3.63) is 28.5 Å². The van der Waals surface area contributed by atoms with E-state index in [1.165, 1.54) is 0 Å².